The molecule has 1 aromatic heterocycles. The predicted molar refractivity (Wildman–Crippen MR) is 67.0 cm³/mol. The lowest BCUT2D eigenvalue weighted by atomic mass is 9.98. The fourth-order valence-corrected chi connectivity index (χ4v) is 1.72. The van der Waals surface area contributed by atoms with Gasteiger partial charge in [0.25, 0.3) is 0 Å². The Hall–Kier alpha value is -0.960. The van der Waals surface area contributed by atoms with Crippen LogP contribution >= 0.6 is 0 Å². The minimum Gasteiger partial charge on any atom is -0.308 e. The van der Waals surface area contributed by atoms with Gasteiger partial charge in [-0.1, -0.05) is 27.2 Å². The van der Waals surface area contributed by atoms with Gasteiger partial charge in [-0.15, -0.1) is 0 Å². The van der Waals surface area contributed by atoms with Gasteiger partial charge in [-0.2, -0.15) is 0 Å². The molecule has 0 amide bonds. The second kappa shape index (κ2) is 7.34. The minimum absolute atomic E-state index is 0.602. The van der Waals surface area contributed by atoms with Gasteiger partial charge in [0.2, 0.25) is 0 Å². The number of aromatic nitrogens is 2. The van der Waals surface area contributed by atoms with Gasteiger partial charge >= 0.3 is 0 Å². The van der Waals surface area contributed by atoms with E-state index in [1.807, 2.05) is 6.07 Å². The molecule has 0 spiro atoms. The van der Waals surface area contributed by atoms with Crippen LogP contribution in [0, 0.1) is 5.92 Å². The number of rotatable bonds is 7. The quantitative estimate of drug-likeness (QED) is 0.769. The van der Waals surface area contributed by atoms with E-state index in [-0.39, 0.29) is 0 Å². The third-order valence-electron chi connectivity index (χ3n) is 3.09. The van der Waals surface area contributed by atoms with Crippen molar-refractivity contribution in [1.29, 1.82) is 0 Å². The normalized spacial score (nSPS) is 14.7. The first-order valence-electron chi connectivity index (χ1n) is 6.24. The third kappa shape index (κ3) is 4.71. The van der Waals surface area contributed by atoms with E-state index in [1.165, 1.54) is 19.3 Å². The van der Waals surface area contributed by atoms with Crippen LogP contribution < -0.4 is 5.32 Å². The highest BCUT2D eigenvalue weighted by atomic mass is 14.9. The molecule has 3 heteroatoms. The number of hydrogen-bond acceptors (Lipinski definition) is 3. The minimum atomic E-state index is 0.602. The maximum Gasteiger partial charge on any atom is 0.115 e. The standard InChI is InChI=1S/C13H23N3/c1-4-11(3)8-12(5-2)15-9-13-6-7-14-10-16-13/h6-7,10-12,15H,4-5,8-9H2,1-3H3. The number of hydrogen-bond donors (Lipinski definition) is 1. The van der Waals surface area contributed by atoms with E-state index in [4.69, 9.17) is 0 Å². The molecule has 0 bridgehead atoms. The molecule has 0 saturated heterocycles. The summed E-state index contributed by atoms with van der Waals surface area (Å²) in [6.45, 7) is 7.65. The van der Waals surface area contributed by atoms with Crippen LogP contribution in [-0.4, -0.2) is 16.0 Å². The van der Waals surface area contributed by atoms with Gasteiger partial charge in [-0.05, 0) is 24.8 Å². The Morgan fingerprint density at radius 2 is 2.12 bits per heavy atom. The molecule has 16 heavy (non-hydrogen) atoms. The van der Waals surface area contributed by atoms with E-state index in [1.54, 1.807) is 12.5 Å². The van der Waals surface area contributed by atoms with Crippen molar-refractivity contribution in [3.63, 3.8) is 0 Å². The highest BCUT2D eigenvalue weighted by Gasteiger charge is 2.09. The number of nitrogens with one attached hydrogen (secondary N) is 1. The summed E-state index contributed by atoms with van der Waals surface area (Å²) in [4.78, 5) is 8.13. The molecule has 90 valence electrons. The second-order valence-corrected chi connectivity index (χ2v) is 4.44. The summed E-state index contributed by atoms with van der Waals surface area (Å²) >= 11 is 0. The zero-order valence-corrected chi connectivity index (χ0v) is 10.6. The van der Waals surface area contributed by atoms with E-state index >= 15 is 0 Å². The molecule has 0 aliphatic heterocycles. The van der Waals surface area contributed by atoms with Crippen LogP contribution in [0.1, 0.15) is 45.7 Å². The molecular formula is C13H23N3. The zero-order valence-electron chi connectivity index (χ0n) is 10.6. The van der Waals surface area contributed by atoms with Crippen LogP contribution in [0.2, 0.25) is 0 Å². The van der Waals surface area contributed by atoms with Gasteiger partial charge in [0, 0.05) is 18.8 Å². The molecule has 1 N–H and O–H groups in total. The van der Waals surface area contributed by atoms with E-state index in [0.29, 0.717) is 6.04 Å². The summed E-state index contributed by atoms with van der Waals surface area (Å²) in [7, 11) is 0. The SMILES string of the molecule is CCC(C)CC(CC)NCc1ccncn1. The molecule has 2 unspecified atom stereocenters. The maximum absolute atomic E-state index is 4.21. The van der Waals surface area contributed by atoms with Crippen LogP contribution in [0.15, 0.2) is 18.6 Å². The van der Waals surface area contributed by atoms with E-state index in [2.05, 4.69) is 36.1 Å². The average molecular weight is 221 g/mol. The van der Waals surface area contributed by atoms with Crippen molar-refractivity contribution < 1.29 is 0 Å². The summed E-state index contributed by atoms with van der Waals surface area (Å²) in [5.74, 6) is 0.794. The van der Waals surface area contributed by atoms with Gasteiger partial charge in [-0.3, -0.25) is 0 Å². The topological polar surface area (TPSA) is 37.8 Å². The Kier molecular flexibility index (Phi) is 6.01. The van der Waals surface area contributed by atoms with Crippen molar-refractivity contribution in [2.75, 3.05) is 0 Å². The Bertz CT molecular complexity index is 274. The largest absolute Gasteiger partial charge is 0.308 e. The molecule has 0 fully saturated rings. The first kappa shape index (κ1) is 13.1. The lowest BCUT2D eigenvalue weighted by molar-refractivity contribution is 0.382. The molecule has 0 radical (unpaired) electrons. The van der Waals surface area contributed by atoms with Gasteiger partial charge in [-0.25, -0.2) is 9.97 Å². The first-order valence-corrected chi connectivity index (χ1v) is 6.24. The third-order valence-corrected chi connectivity index (χ3v) is 3.09. The lowest BCUT2D eigenvalue weighted by Gasteiger charge is -2.20. The molecule has 0 aliphatic carbocycles. The molecule has 0 aliphatic rings. The van der Waals surface area contributed by atoms with E-state index in [9.17, 15) is 0 Å². The Morgan fingerprint density at radius 3 is 2.69 bits per heavy atom. The highest BCUT2D eigenvalue weighted by Crippen LogP contribution is 2.12. The van der Waals surface area contributed by atoms with Crippen LogP contribution in [0.5, 0.6) is 0 Å². The average Bonchev–Trinajstić information content (AvgIpc) is 2.35. The fourth-order valence-electron chi connectivity index (χ4n) is 1.72. The Morgan fingerprint density at radius 1 is 1.31 bits per heavy atom. The second-order valence-electron chi connectivity index (χ2n) is 4.44. The summed E-state index contributed by atoms with van der Waals surface area (Å²) in [6.07, 6.45) is 7.07. The van der Waals surface area contributed by atoms with Gasteiger partial charge < -0.3 is 5.32 Å². The first-order chi connectivity index (χ1) is 7.76. The summed E-state index contributed by atoms with van der Waals surface area (Å²) in [5, 5.41) is 3.56. The van der Waals surface area contributed by atoms with Crippen LogP contribution in [0.25, 0.3) is 0 Å². The molecule has 1 aromatic rings. The summed E-state index contributed by atoms with van der Waals surface area (Å²) in [5.41, 5.74) is 1.07. The van der Waals surface area contributed by atoms with Crippen molar-refractivity contribution in [3.05, 3.63) is 24.3 Å². The van der Waals surface area contributed by atoms with Crippen LogP contribution in [0.3, 0.4) is 0 Å². The molecule has 3 nitrogen and oxygen atoms in total. The van der Waals surface area contributed by atoms with Crippen molar-refractivity contribution in [2.24, 2.45) is 5.92 Å². The lowest BCUT2D eigenvalue weighted by Crippen LogP contribution is -2.30. The number of nitrogens with zero attached hydrogens (tertiary/aromatic N) is 2. The summed E-state index contributed by atoms with van der Waals surface area (Å²) in [6, 6.07) is 2.56. The van der Waals surface area contributed by atoms with Crippen molar-refractivity contribution in [2.45, 2.75) is 52.6 Å². The Balaban J connectivity index is 2.34. The molecule has 2 atom stereocenters. The maximum atomic E-state index is 4.21. The van der Waals surface area contributed by atoms with E-state index in [0.717, 1.165) is 18.2 Å². The molecule has 0 saturated carbocycles. The molecular weight excluding hydrogens is 198 g/mol. The zero-order chi connectivity index (χ0) is 11.8. The van der Waals surface area contributed by atoms with Crippen LogP contribution in [-0.2, 0) is 6.54 Å². The molecule has 1 heterocycles. The monoisotopic (exact) mass is 221 g/mol. The van der Waals surface area contributed by atoms with Crippen molar-refractivity contribution in [1.82, 2.24) is 15.3 Å². The van der Waals surface area contributed by atoms with Crippen molar-refractivity contribution >= 4 is 0 Å². The van der Waals surface area contributed by atoms with Crippen molar-refractivity contribution in [3.8, 4) is 0 Å². The van der Waals surface area contributed by atoms with Gasteiger partial charge in [0.1, 0.15) is 6.33 Å². The predicted octanol–water partition coefficient (Wildman–Crippen LogP) is 2.78. The fraction of sp³-hybridized carbons (Fsp3) is 0.692. The molecule has 1 rings (SSSR count). The smallest absolute Gasteiger partial charge is 0.115 e. The van der Waals surface area contributed by atoms with E-state index < -0.39 is 0 Å². The Labute approximate surface area is 98.7 Å². The summed E-state index contributed by atoms with van der Waals surface area (Å²) < 4.78 is 0. The molecule has 0 aromatic carbocycles. The van der Waals surface area contributed by atoms with Gasteiger partial charge in [0.05, 0.1) is 5.69 Å². The van der Waals surface area contributed by atoms with Crippen LogP contribution in [0.4, 0.5) is 0 Å². The highest BCUT2D eigenvalue weighted by molar-refractivity contribution is 4.97. The van der Waals surface area contributed by atoms with Gasteiger partial charge in [0.15, 0.2) is 0 Å².